The predicted octanol–water partition coefficient (Wildman–Crippen LogP) is 3.37. The standard InChI is InChI=1S/C23H23N3O2/c1-4-23(5-2,6-3)24-21(27)20-18-14-10-11-15-19(18)22(28)26(25-20)16-17-12-8-7-9-13-17/h1,7-15H,5-6,16H2,2-3H3,(H,24,27). The lowest BCUT2D eigenvalue weighted by Gasteiger charge is -2.27. The number of rotatable bonds is 6. The minimum Gasteiger partial charge on any atom is -0.334 e. The van der Waals surface area contributed by atoms with E-state index in [1.165, 1.54) is 4.68 Å². The molecule has 0 fully saturated rings. The number of nitrogens with zero attached hydrogens (tertiary/aromatic N) is 2. The second-order valence-electron chi connectivity index (χ2n) is 6.73. The van der Waals surface area contributed by atoms with Crippen LogP contribution in [0.1, 0.15) is 42.7 Å². The smallest absolute Gasteiger partial charge is 0.274 e. The molecule has 142 valence electrons. The summed E-state index contributed by atoms with van der Waals surface area (Å²) >= 11 is 0. The van der Waals surface area contributed by atoms with Crippen LogP contribution in [0.3, 0.4) is 0 Å². The highest BCUT2D eigenvalue weighted by molar-refractivity contribution is 6.05. The van der Waals surface area contributed by atoms with Gasteiger partial charge in [-0.25, -0.2) is 4.68 Å². The molecule has 1 aromatic heterocycles. The van der Waals surface area contributed by atoms with E-state index < -0.39 is 5.54 Å². The van der Waals surface area contributed by atoms with Crippen molar-refractivity contribution >= 4 is 16.7 Å². The van der Waals surface area contributed by atoms with Crippen molar-refractivity contribution in [3.63, 3.8) is 0 Å². The van der Waals surface area contributed by atoms with E-state index in [1.54, 1.807) is 24.3 Å². The van der Waals surface area contributed by atoms with Gasteiger partial charge in [0.2, 0.25) is 0 Å². The normalized spacial score (nSPS) is 11.2. The number of aromatic nitrogens is 2. The summed E-state index contributed by atoms with van der Waals surface area (Å²) in [5.41, 5.74) is 0.164. The van der Waals surface area contributed by atoms with Gasteiger partial charge in [-0.15, -0.1) is 6.42 Å². The molecule has 1 heterocycles. The molecule has 2 aromatic carbocycles. The first-order valence-corrected chi connectivity index (χ1v) is 9.37. The topological polar surface area (TPSA) is 64.0 Å². The maximum atomic E-state index is 13.1. The zero-order valence-electron chi connectivity index (χ0n) is 16.1. The van der Waals surface area contributed by atoms with Crippen LogP contribution in [-0.4, -0.2) is 21.2 Å². The van der Waals surface area contributed by atoms with Gasteiger partial charge in [0, 0.05) is 5.39 Å². The number of nitrogens with one attached hydrogen (secondary N) is 1. The van der Waals surface area contributed by atoms with Crippen LogP contribution in [0, 0.1) is 12.3 Å². The van der Waals surface area contributed by atoms with Crippen LogP contribution in [0.2, 0.25) is 0 Å². The fourth-order valence-electron chi connectivity index (χ4n) is 3.21. The summed E-state index contributed by atoms with van der Waals surface area (Å²) in [6.45, 7) is 4.16. The summed E-state index contributed by atoms with van der Waals surface area (Å²) in [5, 5.41) is 8.33. The fraction of sp³-hybridized carbons (Fsp3) is 0.261. The molecule has 0 saturated heterocycles. The third-order valence-electron chi connectivity index (χ3n) is 5.09. The molecule has 0 aliphatic rings. The molecule has 1 N–H and O–H groups in total. The second kappa shape index (κ2) is 8.10. The van der Waals surface area contributed by atoms with Gasteiger partial charge in [-0.2, -0.15) is 5.10 Å². The van der Waals surface area contributed by atoms with E-state index in [4.69, 9.17) is 6.42 Å². The molecular formula is C23H23N3O2. The summed E-state index contributed by atoms with van der Waals surface area (Å²) in [6, 6.07) is 16.6. The summed E-state index contributed by atoms with van der Waals surface area (Å²) in [6.07, 6.45) is 6.89. The fourth-order valence-corrected chi connectivity index (χ4v) is 3.21. The third-order valence-corrected chi connectivity index (χ3v) is 5.09. The summed E-state index contributed by atoms with van der Waals surface area (Å²) in [5.74, 6) is 2.33. The van der Waals surface area contributed by atoms with Gasteiger partial charge in [0.1, 0.15) is 5.54 Å². The molecule has 0 aliphatic carbocycles. The Morgan fingerprint density at radius 2 is 1.68 bits per heavy atom. The van der Waals surface area contributed by atoms with Crippen molar-refractivity contribution in [2.75, 3.05) is 0 Å². The van der Waals surface area contributed by atoms with Crippen LogP contribution in [0.15, 0.2) is 59.4 Å². The Hall–Kier alpha value is -3.39. The largest absolute Gasteiger partial charge is 0.334 e. The van der Waals surface area contributed by atoms with Crippen LogP contribution in [0.4, 0.5) is 0 Å². The molecule has 0 bridgehead atoms. The van der Waals surface area contributed by atoms with E-state index in [0.717, 1.165) is 5.56 Å². The van der Waals surface area contributed by atoms with Crippen molar-refractivity contribution < 1.29 is 4.79 Å². The zero-order chi connectivity index (χ0) is 20.1. The van der Waals surface area contributed by atoms with E-state index in [0.29, 0.717) is 23.6 Å². The number of amides is 1. The highest BCUT2D eigenvalue weighted by Gasteiger charge is 2.28. The monoisotopic (exact) mass is 373 g/mol. The van der Waals surface area contributed by atoms with Gasteiger partial charge in [-0.3, -0.25) is 9.59 Å². The Kier molecular flexibility index (Phi) is 5.60. The van der Waals surface area contributed by atoms with E-state index >= 15 is 0 Å². The van der Waals surface area contributed by atoms with Gasteiger partial charge in [-0.05, 0) is 24.5 Å². The highest BCUT2D eigenvalue weighted by atomic mass is 16.2. The lowest BCUT2D eigenvalue weighted by molar-refractivity contribution is 0.0911. The Labute approximate surface area is 164 Å². The average Bonchev–Trinajstić information content (AvgIpc) is 2.75. The van der Waals surface area contributed by atoms with Crippen molar-refractivity contribution in [3.05, 3.63) is 76.2 Å². The van der Waals surface area contributed by atoms with Crippen molar-refractivity contribution in [2.45, 2.75) is 38.8 Å². The number of carbonyl (C=O) groups is 1. The number of terminal acetylenes is 1. The number of benzene rings is 2. The molecule has 0 aliphatic heterocycles. The van der Waals surface area contributed by atoms with Gasteiger partial charge in [0.05, 0.1) is 11.9 Å². The van der Waals surface area contributed by atoms with E-state index in [-0.39, 0.29) is 23.7 Å². The number of hydrogen-bond acceptors (Lipinski definition) is 3. The molecule has 0 atom stereocenters. The maximum absolute atomic E-state index is 13.1. The molecule has 0 saturated carbocycles. The third kappa shape index (κ3) is 3.67. The molecule has 5 heteroatoms. The van der Waals surface area contributed by atoms with Gasteiger partial charge < -0.3 is 5.32 Å². The molecule has 0 spiro atoms. The Morgan fingerprint density at radius 1 is 1.07 bits per heavy atom. The molecule has 3 rings (SSSR count). The van der Waals surface area contributed by atoms with Crippen molar-refractivity contribution in [2.24, 2.45) is 0 Å². The molecule has 0 unspecified atom stereocenters. The summed E-state index contributed by atoms with van der Waals surface area (Å²) in [4.78, 5) is 26.0. The van der Waals surface area contributed by atoms with Gasteiger partial charge in [0.25, 0.3) is 11.5 Å². The van der Waals surface area contributed by atoms with Crippen molar-refractivity contribution in [1.29, 1.82) is 0 Å². The van der Waals surface area contributed by atoms with Crippen LogP contribution < -0.4 is 10.9 Å². The molecule has 0 radical (unpaired) electrons. The minimum absolute atomic E-state index is 0.202. The molecule has 1 amide bonds. The zero-order valence-corrected chi connectivity index (χ0v) is 16.1. The van der Waals surface area contributed by atoms with Gasteiger partial charge >= 0.3 is 0 Å². The predicted molar refractivity (Wildman–Crippen MR) is 111 cm³/mol. The number of fused-ring (bicyclic) bond motifs is 1. The first-order chi connectivity index (χ1) is 13.5. The van der Waals surface area contributed by atoms with E-state index in [2.05, 4.69) is 16.3 Å². The first kappa shape index (κ1) is 19.4. The Morgan fingerprint density at radius 3 is 2.29 bits per heavy atom. The van der Waals surface area contributed by atoms with Crippen molar-refractivity contribution in [1.82, 2.24) is 15.1 Å². The molecule has 3 aromatic rings. The van der Waals surface area contributed by atoms with Crippen molar-refractivity contribution in [3.8, 4) is 12.3 Å². The van der Waals surface area contributed by atoms with E-state index in [1.807, 2.05) is 44.2 Å². The van der Waals surface area contributed by atoms with Gasteiger partial charge in [-0.1, -0.05) is 68.3 Å². The SMILES string of the molecule is C#CC(CC)(CC)NC(=O)c1nn(Cc2ccccc2)c(=O)c2ccccc12. The Bertz CT molecular complexity index is 1090. The first-order valence-electron chi connectivity index (χ1n) is 9.37. The minimum atomic E-state index is -0.736. The van der Waals surface area contributed by atoms with Crippen LogP contribution in [0.25, 0.3) is 10.8 Å². The Balaban J connectivity index is 2.11. The number of hydrogen-bond donors (Lipinski definition) is 1. The van der Waals surface area contributed by atoms with Crippen LogP contribution in [-0.2, 0) is 6.54 Å². The molecular weight excluding hydrogens is 350 g/mol. The van der Waals surface area contributed by atoms with Crippen LogP contribution >= 0.6 is 0 Å². The summed E-state index contributed by atoms with van der Waals surface area (Å²) in [7, 11) is 0. The average molecular weight is 373 g/mol. The highest BCUT2D eigenvalue weighted by Crippen LogP contribution is 2.18. The molecule has 5 nitrogen and oxygen atoms in total. The second-order valence-corrected chi connectivity index (χ2v) is 6.73. The maximum Gasteiger partial charge on any atom is 0.274 e. The lowest BCUT2D eigenvalue weighted by atomic mass is 9.93. The quantitative estimate of drug-likeness (QED) is 0.674. The van der Waals surface area contributed by atoms with E-state index in [9.17, 15) is 9.59 Å². The lowest BCUT2D eigenvalue weighted by Crippen LogP contribution is -2.47. The van der Waals surface area contributed by atoms with Crippen LogP contribution in [0.5, 0.6) is 0 Å². The van der Waals surface area contributed by atoms with Gasteiger partial charge in [0.15, 0.2) is 5.69 Å². The number of carbonyl (C=O) groups excluding carboxylic acids is 1. The summed E-state index contributed by atoms with van der Waals surface area (Å²) < 4.78 is 1.34. The molecule has 28 heavy (non-hydrogen) atoms.